The van der Waals surface area contributed by atoms with Gasteiger partial charge in [-0.15, -0.1) is 6.58 Å². The predicted octanol–water partition coefficient (Wildman–Crippen LogP) is 0.248. The zero-order valence-electron chi connectivity index (χ0n) is 13.6. The molecule has 0 aromatic heterocycles. The van der Waals surface area contributed by atoms with Gasteiger partial charge in [0.25, 0.3) is 0 Å². The molecule has 0 bridgehead atoms. The van der Waals surface area contributed by atoms with E-state index >= 15 is 0 Å². The lowest BCUT2D eigenvalue weighted by Crippen LogP contribution is -2.63. The van der Waals surface area contributed by atoms with Crippen LogP contribution in [0.2, 0.25) is 10.0 Å². The van der Waals surface area contributed by atoms with Gasteiger partial charge < -0.3 is 25.4 Å². The Hall–Kier alpha value is -0.750. The average molecular weight is 427 g/mol. The molecular formula is C15H20Cl2N2O6S. The quantitative estimate of drug-likeness (QED) is 0.459. The minimum Gasteiger partial charge on any atom is -0.388 e. The predicted molar refractivity (Wildman–Crippen MR) is 96.4 cm³/mol. The first-order valence-corrected chi connectivity index (χ1v) is 9.86. The molecule has 5 N–H and O–H groups in total. The number of halogens is 2. The van der Waals surface area contributed by atoms with Crippen LogP contribution in [0.3, 0.4) is 0 Å². The molecule has 1 saturated heterocycles. The highest BCUT2D eigenvalue weighted by atomic mass is 35.5. The maximum absolute atomic E-state index is 12.4. The second kappa shape index (κ2) is 8.96. The Bertz CT molecular complexity index is 748. The maximum atomic E-state index is 12.4. The summed E-state index contributed by atoms with van der Waals surface area (Å²) >= 11 is 11.8. The lowest BCUT2D eigenvalue weighted by atomic mass is 9.97. The number of aliphatic hydroxyl groups is 2. The molecule has 0 spiro atoms. The van der Waals surface area contributed by atoms with Gasteiger partial charge >= 0.3 is 0 Å². The van der Waals surface area contributed by atoms with Crippen LogP contribution in [0.25, 0.3) is 0 Å². The molecule has 2 rings (SSSR count). The van der Waals surface area contributed by atoms with E-state index in [1.54, 1.807) is 0 Å². The zero-order chi connectivity index (χ0) is 19.5. The highest BCUT2D eigenvalue weighted by molar-refractivity contribution is 7.89. The fourth-order valence-corrected chi connectivity index (χ4v) is 4.20. The van der Waals surface area contributed by atoms with Crippen molar-refractivity contribution in [1.82, 2.24) is 4.72 Å². The first-order chi connectivity index (χ1) is 12.2. The van der Waals surface area contributed by atoms with E-state index in [9.17, 15) is 18.6 Å². The first kappa shape index (κ1) is 21.5. The summed E-state index contributed by atoms with van der Waals surface area (Å²) in [4.78, 5) is -0.214. The minimum atomic E-state index is -4.03. The fraction of sp³-hybridized carbons (Fsp3) is 0.467. The van der Waals surface area contributed by atoms with Crippen LogP contribution in [-0.4, -0.2) is 62.4 Å². The summed E-state index contributed by atoms with van der Waals surface area (Å²) < 4.78 is 37.9. The van der Waals surface area contributed by atoms with Crippen molar-refractivity contribution in [2.45, 2.75) is 35.5 Å². The van der Waals surface area contributed by atoms with Gasteiger partial charge in [-0.05, 0) is 12.1 Å². The Balaban J connectivity index is 2.11. The smallest absolute Gasteiger partial charge is 0.242 e. The third kappa shape index (κ3) is 4.75. The number of rotatable bonds is 7. The van der Waals surface area contributed by atoms with Crippen molar-refractivity contribution < 1.29 is 28.1 Å². The monoisotopic (exact) mass is 426 g/mol. The fourth-order valence-electron chi connectivity index (χ4n) is 2.40. The van der Waals surface area contributed by atoms with Gasteiger partial charge in [-0.2, -0.15) is 0 Å². The van der Waals surface area contributed by atoms with Crippen molar-refractivity contribution >= 4 is 33.2 Å². The van der Waals surface area contributed by atoms with Crippen LogP contribution in [-0.2, 0) is 19.5 Å². The molecule has 146 valence electrons. The molecule has 8 nitrogen and oxygen atoms in total. The molecule has 11 heteroatoms. The normalized spacial score (nSPS) is 29.5. The van der Waals surface area contributed by atoms with Crippen LogP contribution in [0.1, 0.15) is 0 Å². The van der Waals surface area contributed by atoms with Crippen molar-refractivity contribution in [1.29, 1.82) is 0 Å². The summed E-state index contributed by atoms with van der Waals surface area (Å²) in [6.07, 6.45) is -3.43. The van der Waals surface area contributed by atoms with Gasteiger partial charge in [-0.25, -0.2) is 13.1 Å². The summed E-state index contributed by atoms with van der Waals surface area (Å²) in [6, 6.07) is 3.18. The van der Waals surface area contributed by atoms with Crippen molar-refractivity contribution in [3.63, 3.8) is 0 Å². The van der Waals surface area contributed by atoms with E-state index in [-0.39, 0.29) is 28.1 Å². The molecular weight excluding hydrogens is 407 g/mol. The second-order valence-electron chi connectivity index (χ2n) is 5.63. The number of benzene rings is 1. The van der Waals surface area contributed by atoms with Gasteiger partial charge in [0.15, 0.2) is 6.29 Å². The number of aliphatic hydroxyl groups excluding tert-OH is 2. The van der Waals surface area contributed by atoms with Gasteiger partial charge in [0.1, 0.15) is 23.2 Å². The highest BCUT2D eigenvalue weighted by Gasteiger charge is 2.43. The number of hydrogen-bond acceptors (Lipinski definition) is 7. The molecule has 5 atom stereocenters. The van der Waals surface area contributed by atoms with Gasteiger partial charge in [0.05, 0.1) is 22.7 Å². The second-order valence-corrected chi connectivity index (χ2v) is 8.15. The average Bonchev–Trinajstić information content (AvgIpc) is 2.60. The SMILES string of the molecule is C=CCOC1O[C@H](CNS(=O)(=O)c2cccc(Cl)c2Cl)[C@@H](O)[C@H](O)[C@H]1N. The summed E-state index contributed by atoms with van der Waals surface area (Å²) in [5.41, 5.74) is 5.76. The third-order valence-corrected chi connectivity index (χ3v) is 6.20. The van der Waals surface area contributed by atoms with Crippen LogP contribution < -0.4 is 10.5 Å². The molecule has 0 saturated carbocycles. The van der Waals surface area contributed by atoms with Gasteiger partial charge in [0, 0.05) is 6.54 Å². The summed E-state index contributed by atoms with van der Waals surface area (Å²) in [7, 11) is -4.03. The Kier molecular flexibility index (Phi) is 7.43. The Morgan fingerprint density at radius 3 is 2.69 bits per heavy atom. The highest BCUT2D eigenvalue weighted by Crippen LogP contribution is 2.29. The molecule has 1 aromatic carbocycles. The number of hydrogen-bond donors (Lipinski definition) is 4. The zero-order valence-corrected chi connectivity index (χ0v) is 15.9. The maximum Gasteiger partial charge on any atom is 0.242 e. The molecule has 1 aromatic rings. The van der Waals surface area contributed by atoms with Crippen molar-refractivity contribution in [3.05, 3.63) is 40.9 Å². The van der Waals surface area contributed by atoms with Crippen LogP contribution >= 0.6 is 23.2 Å². The Morgan fingerprint density at radius 1 is 1.35 bits per heavy atom. The van der Waals surface area contributed by atoms with Crippen molar-refractivity contribution in [3.8, 4) is 0 Å². The number of sulfonamides is 1. The van der Waals surface area contributed by atoms with E-state index in [1.807, 2.05) is 0 Å². The largest absolute Gasteiger partial charge is 0.388 e. The molecule has 1 aliphatic heterocycles. The number of nitrogens with one attached hydrogen (secondary N) is 1. The van der Waals surface area contributed by atoms with E-state index in [2.05, 4.69) is 11.3 Å². The lowest BCUT2D eigenvalue weighted by Gasteiger charge is -2.40. The molecule has 1 aliphatic rings. The number of ether oxygens (including phenoxy) is 2. The Labute approximate surface area is 161 Å². The van der Waals surface area contributed by atoms with Gasteiger partial charge in [0.2, 0.25) is 10.0 Å². The van der Waals surface area contributed by atoms with Crippen molar-refractivity contribution in [2.75, 3.05) is 13.2 Å². The molecule has 0 radical (unpaired) electrons. The first-order valence-electron chi connectivity index (χ1n) is 7.62. The van der Waals surface area contributed by atoms with E-state index in [1.165, 1.54) is 24.3 Å². The van der Waals surface area contributed by atoms with Crippen LogP contribution in [0.4, 0.5) is 0 Å². The topological polar surface area (TPSA) is 131 Å². The summed E-state index contributed by atoms with van der Waals surface area (Å²) in [6.45, 7) is 3.26. The number of nitrogens with two attached hydrogens (primary N) is 1. The molecule has 1 unspecified atom stereocenters. The molecule has 0 aliphatic carbocycles. The molecule has 1 heterocycles. The molecule has 26 heavy (non-hydrogen) atoms. The lowest BCUT2D eigenvalue weighted by molar-refractivity contribution is -0.254. The van der Waals surface area contributed by atoms with E-state index < -0.39 is 40.7 Å². The van der Waals surface area contributed by atoms with Crippen LogP contribution in [0.15, 0.2) is 35.7 Å². The Morgan fingerprint density at radius 2 is 2.04 bits per heavy atom. The standard InChI is InChI=1S/C15H20Cl2N2O6S/c1-2-6-24-15-12(18)14(21)13(20)9(25-15)7-19-26(22,23)10-5-3-4-8(16)11(10)17/h2-5,9,12-15,19-21H,1,6-7,18H2/t9-,12-,13-,14-,15?/m1/s1. The van der Waals surface area contributed by atoms with Crippen LogP contribution in [0, 0.1) is 0 Å². The third-order valence-electron chi connectivity index (χ3n) is 3.81. The van der Waals surface area contributed by atoms with E-state index in [4.69, 9.17) is 38.4 Å². The van der Waals surface area contributed by atoms with E-state index in [0.29, 0.717) is 0 Å². The summed E-state index contributed by atoms with van der Waals surface area (Å²) in [5, 5.41) is 20.1. The minimum absolute atomic E-state index is 0.0859. The van der Waals surface area contributed by atoms with Gasteiger partial charge in [-0.1, -0.05) is 35.3 Å². The van der Waals surface area contributed by atoms with Crippen LogP contribution in [0.5, 0.6) is 0 Å². The molecule has 0 amide bonds. The van der Waals surface area contributed by atoms with E-state index in [0.717, 1.165) is 0 Å². The summed E-state index contributed by atoms with van der Waals surface area (Å²) in [5.74, 6) is 0. The van der Waals surface area contributed by atoms with Gasteiger partial charge in [-0.3, -0.25) is 0 Å². The molecule has 1 fully saturated rings. The van der Waals surface area contributed by atoms with Crippen molar-refractivity contribution in [2.24, 2.45) is 5.73 Å².